The quantitative estimate of drug-likeness (QED) is 0.438. The van der Waals surface area contributed by atoms with E-state index in [4.69, 9.17) is 23.7 Å². The molecule has 0 spiro atoms. The van der Waals surface area contributed by atoms with Crippen LogP contribution in [-0.2, 0) is 4.79 Å². The van der Waals surface area contributed by atoms with Crippen molar-refractivity contribution in [3.05, 3.63) is 71.3 Å². The topological polar surface area (TPSA) is 110 Å². The third-order valence-electron chi connectivity index (χ3n) is 8.71. The zero-order chi connectivity index (χ0) is 29.4. The molecule has 1 aliphatic carbocycles. The number of benzene rings is 3. The highest BCUT2D eigenvalue weighted by molar-refractivity contribution is 5.82. The maximum absolute atomic E-state index is 14.5. The van der Waals surface area contributed by atoms with Crippen molar-refractivity contribution >= 4 is 11.6 Å². The van der Waals surface area contributed by atoms with Crippen LogP contribution in [0.15, 0.2) is 54.6 Å². The van der Waals surface area contributed by atoms with Gasteiger partial charge in [0.15, 0.2) is 23.0 Å². The first-order chi connectivity index (χ1) is 20.5. The molecule has 1 saturated heterocycles. The summed E-state index contributed by atoms with van der Waals surface area (Å²) in [7, 11) is 4.63. The molecule has 222 valence electrons. The minimum Gasteiger partial charge on any atom is -0.493 e. The van der Waals surface area contributed by atoms with Gasteiger partial charge in [0.1, 0.15) is 0 Å². The van der Waals surface area contributed by atoms with Crippen molar-refractivity contribution < 1.29 is 38.7 Å². The van der Waals surface area contributed by atoms with Gasteiger partial charge in [0.25, 0.3) is 0 Å². The molecule has 2 heterocycles. The van der Waals surface area contributed by atoms with Gasteiger partial charge in [-0.25, -0.2) is 0 Å². The smallest absolute Gasteiger partial charge is 0.231 e. The number of anilines is 1. The van der Waals surface area contributed by atoms with Gasteiger partial charge in [-0.05, 0) is 53.1 Å². The van der Waals surface area contributed by atoms with Crippen molar-refractivity contribution in [2.24, 2.45) is 11.8 Å². The number of fused-ring (bicyclic) bond motifs is 2. The van der Waals surface area contributed by atoms with E-state index in [9.17, 15) is 15.0 Å². The number of aliphatic hydroxyl groups excluding tert-OH is 2. The van der Waals surface area contributed by atoms with Crippen LogP contribution in [0.2, 0.25) is 0 Å². The van der Waals surface area contributed by atoms with E-state index in [0.29, 0.717) is 60.5 Å². The van der Waals surface area contributed by atoms with Gasteiger partial charge in [-0.3, -0.25) is 4.79 Å². The molecular formula is C32H36N2O8. The Morgan fingerprint density at radius 3 is 2.07 bits per heavy atom. The number of piperazine rings is 1. The summed E-state index contributed by atoms with van der Waals surface area (Å²) in [6, 6.07) is 17.4. The van der Waals surface area contributed by atoms with Crippen molar-refractivity contribution in [1.29, 1.82) is 0 Å². The lowest BCUT2D eigenvalue weighted by molar-refractivity contribution is -0.142. The molecule has 3 aromatic carbocycles. The monoisotopic (exact) mass is 576 g/mol. The number of ether oxygens (including phenoxy) is 5. The maximum Gasteiger partial charge on any atom is 0.231 e. The Hall–Kier alpha value is -4.15. The first-order valence-electron chi connectivity index (χ1n) is 14.1. The van der Waals surface area contributed by atoms with Crippen molar-refractivity contribution in [3.8, 4) is 28.7 Å². The largest absolute Gasteiger partial charge is 0.493 e. The first-order valence-corrected chi connectivity index (χ1v) is 14.1. The van der Waals surface area contributed by atoms with E-state index in [1.165, 1.54) is 7.11 Å². The molecule has 0 radical (unpaired) electrons. The molecular weight excluding hydrogens is 540 g/mol. The third kappa shape index (κ3) is 4.74. The van der Waals surface area contributed by atoms with Gasteiger partial charge in [0.05, 0.1) is 33.4 Å². The highest BCUT2D eigenvalue weighted by atomic mass is 16.7. The molecule has 3 aliphatic rings. The van der Waals surface area contributed by atoms with E-state index in [0.717, 1.165) is 16.8 Å². The average Bonchev–Trinajstić information content (AvgIpc) is 3.51. The summed E-state index contributed by atoms with van der Waals surface area (Å²) >= 11 is 0. The molecule has 0 aromatic heterocycles. The lowest BCUT2D eigenvalue weighted by atomic mass is 9.64. The van der Waals surface area contributed by atoms with Crippen molar-refractivity contribution in [1.82, 2.24) is 4.90 Å². The van der Waals surface area contributed by atoms with Crippen LogP contribution >= 0.6 is 0 Å². The van der Waals surface area contributed by atoms with E-state index in [1.807, 2.05) is 41.3 Å². The SMILES string of the molecule is COc1cc(C2c3cc4c(cc3C(O)C(CO)C2C(=O)N2CCN(c3ccccc3)CC2)OCO4)cc(OC)c1OC. The third-order valence-corrected chi connectivity index (χ3v) is 8.71. The van der Waals surface area contributed by atoms with Gasteiger partial charge < -0.3 is 43.7 Å². The normalized spacial score (nSPS) is 22.9. The van der Waals surface area contributed by atoms with Crippen LogP contribution in [-0.4, -0.2) is 81.9 Å². The van der Waals surface area contributed by atoms with E-state index in [1.54, 1.807) is 20.3 Å². The molecule has 2 N–H and O–H groups in total. The van der Waals surface area contributed by atoms with Crippen molar-refractivity contribution in [3.63, 3.8) is 0 Å². The van der Waals surface area contributed by atoms with Crippen LogP contribution in [0.5, 0.6) is 28.7 Å². The Kier molecular flexibility index (Phi) is 7.74. The number of methoxy groups -OCH3 is 3. The fraction of sp³-hybridized carbons (Fsp3) is 0.406. The molecule has 4 atom stereocenters. The lowest BCUT2D eigenvalue weighted by Gasteiger charge is -2.45. The van der Waals surface area contributed by atoms with E-state index in [2.05, 4.69) is 17.0 Å². The number of nitrogens with zero attached hydrogens (tertiary/aromatic N) is 2. The van der Waals surface area contributed by atoms with Crippen molar-refractivity contribution in [2.45, 2.75) is 12.0 Å². The van der Waals surface area contributed by atoms with Crippen molar-refractivity contribution in [2.75, 3.05) is 65.8 Å². The predicted molar refractivity (Wildman–Crippen MR) is 155 cm³/mol. The van der Waals surface area contributed by atoms with E-state index in [-0.39, 0.29) is 19.3 Å². The highest BCUT2D eigenvalue weighted by Crippen LogP contribution is 2.54. The summed E-state index contributed by atoms with van der Waals surface area (Å²) in [4.78, 5) is 18.6. The predicted octanol–water partition coefficient (Wildman–Crippen LogP) is 3.19. The maximum atomic E-state index is 14.5. The minimum atomic E-state index is -1.09. The van der Waals surface area contributed by atoms with Crippen LogP contribution in [0.25, 0.3) is 0 Å². The molecule has 0 saturated carbocycles. The van der Waals surface area contributed by atoms with Crippen LogP contribution < -0.4 is 28.6 Å². The summed E-state index contributed by atoms with van der Waals surface area (Å²) in [6.07, 6.45) is -1.09. The molecule has 2 aliphatic heterocycles. The summed E-state index contributed by atoms with van der Waals surface area (Å²) in [5.41, 5.74) is 3.17. The molecule has 4 unspecified atom stereocenters. The van der Waals surface area contributed by atoms with Crippen LogP contribution in [0.3, 0.4) is 0 Å². The number of aliphatic hydroxyl groups is 2. The van der Waals surface area contributed by atoms with Crippen LogP contribution in [0.4, 0.5) is 5.69 Å². The number of hydrogen-bond acceptors (Lipinski definition) is 9. The summed E-state index contributed by atoms with van der Waals surface area (Å²) in [5.74, 6) is 0.186. The fourth-order valence-corrected chi connectivity index (χ4v) is 6.61. The van der Waals surface area contributed by atoms with Crippen LogP contribution in [0.1, 0.15) is 28.7 Å². The Morgan fingerprint density at radius 2 is 1.50 bits per heavy atom. The van der Waals surface area contributed by atoms with Gasteiger partial charge in [-0.15, -0.1) is 0 Å². The second-order valence-corrected chi connectivity index (χ2v) is 10.7. The Balaban J connectivity index is 1.44. The standard InChI is InChI=1S/C32H36N2O8/c1-38-26-13-19(14-27(39-2)31(26)40-3)28-21-15-24-25(42-18-41-24)16-22(21)30(36)23(17-35)29(28)32(37)34-11-9-33(10-12-34)20-7-5-4-6-8-20/h4-8,13-16,23,28-30,35-36H,9-12,17-18H2,1-3H3. The number of amides is 1. The number of carbonyl (C=O) groups excluding carboxylic acids is 1. The Morgan fingerprint density at radius 1 is 0.881 bits per heavy atom. The van der Waals surface area contributed by atoms with Gasteiger partial charge in [-0.1, -0.05) is 18.2 Å². The molecule has 10 nitrogen and oxygen atoms in total. The molecule has 3 aromatic rings. The molecule has 0 bridgehead atoms. The number of para-hydroxylation sites is 1. The molecule has 42 heavy (non-hydrogen) atoms. The molecule has 10 heteroatoms. The van der Waals surface area contributed by atoms with Gasteiger partial charge in [-0.2, -0.15) is 0 Å². The fourth-order valence-electron chi connectivity index (χ4n) is 6.61. The molecule has 1 fully saturated rings. The zero-order valence-electron chi connectivity index (χ0n) is 24.0. The first kappa shape index (κ1) is 28.0. The van der Waals surface area contributed by atoms with Gasteiger partial charge in [0.2, 0.25) is 18.4 Å². The lowest BCUT2D eigenvalue weighted by Crippen LogP contribution is -2.53. The molecule has 1 amide bonds. The minimum absolute atomic E-state index is 0.0701. The van der Waals surface area contributed by atoms with Gasteiger partial charge in [0, 0.05) is 50.3 Å². The zero-order valence-corrected chi connectivity index (χ0v) is 24.0. The summed E-state index contributed by atoms with van der Waals surface area (Å²) in [5, 5.41) is 22.3. The summed E-state index contributed by atoms with van der Waals surface area (Å²) in [6.45, 7) is 2.10. The molecule has 6 rings (SSSR count). The van der Waals surface area contributed by atoms with E-state index < -0.39 is 23.9 Å². The van der Waals surface area contributed by atoms with E-state index >= 15 is 0 Å². The Bertz CT molecular complexity index is 1410. The number of carbonyl (C=O) groups is 1. The van der Waals surface area contributed by atoms with Crippen LogP contribution in [0, 0.1) is 11.8 Å². The average molecular weight is 577 g/mol. The second-order valence-electron chi connectivity index (χ2n) is 10.7. The number of hydrogen-bond donors (Lipinski definition) is 2. The number of rotatable bonds is 7. The summed E-state index contributed by atoms with van der Waals surface area (Å²) < 4.78 is 28.2. The Labute approximate surface area is 244 Å². The highest BCUT2D eigenvalue weighted by Gasteiger charge is 2.49. The second kappa shape index (κ2) is 11.6. The van der Waals surface area contributed by atoms with Gasteiger partial charge >= 0.3 is 0 Å².